The summed E-state index contributed by atoms with van der Waals surface area (Å²) in [6.45, 7) is 0. The third-order valence-corrected chi connectivity index (χ3v) is 2.68. The number of aromatic carboxylic acids is 1. The Bertz CT molecular complexity index is 669. The van der Waals surface area contributed by atoms with Gasteiger partial charge in [-0.3, -0.25) is 0 Å². The first-order chi connectivity index (χ1) is 9.97. The van der Waals surface area contributed by atoms with Gasteiger partial charge >= 0.3 is 5.97 Å². The zero-order chi connectivity index (χ0) is 15.6. The van der Waals surface area contributed by atoms with Gasteiger partial charge in [0.25, 0.3) is 6.43 Å². The molecule has 0 aliphatic heterocycles. The van der Waals surface area contributed by atoms with Crippen molar-refractivity contribution in [2.75, 3.05) is 14.2 Å². The van der Waals surface area contributed by atoms with Gasteiger partial charge in [0.1, 0.15) is 0 Å². The van der Waals surface area contributed by atoms with Crippen molar-refractivity contribution in [3.8, 4) is 23.0 Å². The van der Waals surface area contributed by atoms with Crippen LogP contribution in [0, 0.1) is 0 Å². The van der Waals surface area contributed by atoms with Crippen molar-refractivity contribution in [3.05, 3.63) is 29.7 Å². The first-order valence-electron chi connectivity index (χ1n) is 5.72. The molecule has 2 aromatic rings. The average Bonchev–Trinajstić information content (AvgIpc) is 2.92. The lowest BCUT2D eigenvalue weighted by Crippen LogP contribution is -1.99. The first-order valence-corrected chi connectivity index (χ1v) is 5.72. The van der Waals surface area contributed by atoms with Crippen LogP contribution in [0.1, 0.15) is 22.7 Å². The fourth-order valence-corrected chi connectivity index (χ4v) is 1.73. The maximum absolute atomic E-state index is 12.8. The fraction of sp³-hybridized carbons (Fsp3) is 0.231. The summed E-state index contributed by atoms with van der Waals surface area (Å²) >= 11 is 0. The Morgan fingerprint density at radius 1 is 1.29 bits per heavy atom. The van der Waals surface area contributed by atoms with Crippen LogP contribution in [0.4, 0.5) is 8.78 Å². The molecule has 21 heavy (non-hydrogen) atoms. The molecule has 8 heteroatoms. The smallest absolute Gasteiger partial charge is 0.374 e. The van der Waals surface area contributed by atoms with E-state index in [2.05, 4.69) is 4.98 Å². The molecule has 6 nitrogen and oxygen atoms in total. The molecular weight excluding hydrogens is 288 g/mol. The van der Waals surface area contributed by atoms with Gasteiger partial charge in [0.15, 0.2) is 17.2 Å². The second kappa shape index (κ2) is 5.78. The lowest BCUT2D eigenvalue weighted by atomic mass is 10.2. The SMILES string of the molecule is COc1ccc(-c2nc(C(F)F)c(C(=O)O)o2)cc1OC. The van der Waals surface area contributed by atoms with Crippen LogP contribution in [0.5, 0.6) is 11.5 Å². The Morgan fingerprint density at radius 3 is 2.43 bits per heavy atom. The third-order valence-electron chi connectivity index (χ3n) is 2.68. The molecule has 0 unspecified atom stereocenters. The van der Waals surface area contributed by atoms with Gasteiger partial charge in [0, 0.05) is 5.56 Å². The summed E-state index contributed by atoms with van der Waals surface area (Å²) in [6, 6.07) is 4.47. The Kier molecular flexibility index (Phi) is 4.06. The molecular formula is C13H11F2NO5. The van der Waals surface area contributed by atoms with E-state index >= 15 is 0 Å². The molecule has 0 saturated carbocycles. The number of hydrogen-bond acceptors (Lipinski definition) is 5. The van der Waals surface area contributed by atoms with E-state index in [0.29, 0.717) is 17.1 Å². The Balaban J connectivity index is 2.52. The van der Waals surface area contributed by atoms with Crippen LogP contribution in [0.2, 0.25) is 0 Å². The molecule has 0 spiro atoms. The van der Waals surface area contributed by atoms with Crippen LogP contribution in [0.25, 0.3) is 11.5 Å². The highest BCUT2D eigenvalue weighted by Crippen LogP contribution is 2.34. The summed E-state index contributed by atoms with van der Waals surface area (Å²) in [5, 5.41) is 8.85. The maximum atomic E-state index is 12.8. The number of oxazole rings is 1. The third kappa shape index (κ3) is 2.78. The monoisotopic (exact) mass is 299 g/mol. The van der Waals surface area contributed by atoms with Crippen LogP contribution < -0.4 is 9.47 Å². The standard InChI is InChI=1S/C13H11F2NO5/c1-19-7-4-3-6(5-8(7)20-2)12-16-9(11(14)15)10(21-12)13(17)18/h3-5,11H,1-2H3,(H,17,18). The summed E-state index contributed by atoms with van der Waals surface area (Å²) in [4.78, 5) is 14.4. The molecule has 1 aromatic heterocycles. The predicted molar refractivity (Wildman–Crippen MR) is 67.0 cm³/mol. The van der Waals surface area contributed by atoms with E-state index in [1.807, 2.05) is 0 Å². The van der Waals surface area contributed by atoms with Gasteiger partial charge in [0.05, 0.1) is 14.2 Å². The number of aromatic nitrogens is 1. The number of carboxylic acid groups (broad SMARTS) is 1. The van der Waals surface area contributed by atoms with Crippen LogP contribution in [-0.4, -0.2) is 30.3 Å². The number of carbonyl (C=O) groups is 1. The average molecular weight is 299 g/mol. The molecule has 1 N–H and O–H groups in total. The molecule has 0 saturated heterocycles. The Hall–Kier alpha value is -2.64. The summed E-state index contributed by atoms with van der Waals surface area (Å²) in [5.41, 5.74) is -0.616. The zero-order valence-corrected chi connectivity index (χ0v) is 11.1. The van der Waals surface area contributed by atoms with Crippen molar-refractivity contribution < 1.29 is 32.6 Å². The Labute approximate surface area is 117 Å². The summed E-state index contributed by atoms with van der Waals surface area (Å²) in [5.74, 6) is -1.95. The number of carboxylic acids is 1. The summed E-state index contributed by atoms with van der Waals surface area (Å²) in [6.07, 6.45) is -3.05. The number of nitrogens with zero attached hydrogens (tertiary/aromatic N) is 1. The minimum Gasteiger partial charge on any atom is -0.493 e. The molecule has 0 atom stereocenters. The lowest BCUT2D eigenvalue weighted by Gasteiger charge is -2.07. The highest BCUT2D eigenvalue weighted by Gasteiger charge is 2.27. The zero-order valence-electron chi connectivity index (χ0n) is 11.1. The van der Waals surface area contributed by atoms with E-state index in [1.165, 1.54) is 32.4 Å². The van der Waals surface area contributed by atoms with Gasteiger partial charge in [0.2, 0.25) is 11.7 Å². The molecule has 0 aliphatic carbocycles. The Morgan fingerprint density at radius 2 is 1.95 bits per heavy atom. The van der Waals surface area contributed by atoms with Crippen LogP contribution in [-0.2, 0) is 0 Å². The summed E-state index contributed by atoms with van der Waals surface area (Å²) in [7, 11) is 2.85. The van der Waals surface area contributed by atoms with Crippen molar-refractivity contribution in [1.82, 2.24) is 4.98 Å². The first kappa shape index (κ1) is 14.8. The molecule has 1 aromatic carbocycles. The van der Waals surface area contributed by atoms with Crippen molar-refractivity contribution in [1.29, 1.82) is 0 Å². The van der Waals surface area contributed by atoms with Gasteiger partial charge in [-0.25, -0.2) is 18.6 Å². The van der Waals surface area contributed by atoms with E-state index in [-0.39, 0.29) is 5.89 Å². The number of benzene rings is 1. The van der Waals surface area contributed by atoms with Crippen molar-refractivity contribution >= 4 is 5.97 Å². The molecule has 1 heterocycles. The molecule has 112 valence electrons. The summed E-state index contributed by atoms with van der Waals surface area (Å²) < 4.78 is 40.5. The van der Waals surface area contributed by atoms with E-state index in [9.17, 15) is 13.6 Å². The highest BCUT2D eigenvalue weighted by atomic mass is 19.3. The maximum Gasteiger partial charge on any atom is 0.374 e. The fourth-order valence-electron chi connectivity index (χ4n) is 1.73. The largest absolute Gasteiger partial charge is 0.493 e. The van der Waals surface area contributed by atoms with Gasteiger partial charge in [-0.05, 0) is 18.2 Å². The van der Waals surface area contributed by atoms with E-state index < -0.39 is 23.8 Å². The normalized spacial score (nSPS) is 10.7. The molecule has 2 rings (SSSR count). The van der Waals surface area contributed by atoms with Gasteiger partial charge in [-0.1, -0.05) is 0 Å². The number of halogens is 2. The second-order valence-electron chi connectivity index (χ2n) is 3.91. The molecule has 0 amide bonds. The van der Waals surface area contributed by atoms with Crippen molar-refractivity contribution in [3.63, 3.8) is 0 Å². The number of rotatable bonds is 5. The van der Waals surface area contributed by atoms with E-state index in [0.717, 1.165) is 0 Å². The number of hydrogen-bond donors (Lipinski definition) is 1. The minimum atomic E-state index is -3.05. The second-order valence-corrected chi connectivity index (χ2v) is 3.91. The number of alkyl halides is 2. The van der Waals surface area contributed by atoms with E-state index in [1.54, 1.807) is 0 Å². The highest BCUT2D eigenvalue weighted by molar-refractivity contribution is 5.86. The quantitative estimate of drug-likeness (QED) is 0.914. The predicted octanol–water partition coefficient (Wildman–Crippen LogP) is 2.99. The van der Waals surface area contributed by atoms with E-state index in [4.69, 9.17) is 19.0 Å². The van der Waals surface area contributed by atoms with Crippen molar-refractivity contribution in [2.24, 2.45) is 0 Å². The topological polar surface area (TPSA) is 81.8 Å². The molecule has 0 bridgehead atoms. The van der Waals surface area contributed by atoms with Gasteiger partial charge in [-0.2, -0.15) is 0 Å². The van der Waals surface area contributed by atoms with Crippen LogP contribution in [0.3, 0.4) is 0 Å². The minimum absolute atomic E-state index is 0.233. The lowest BCUT2D eigenvalue weighted by molar-refractivity contribution is 0.0647. The van der Waals surface area contributed by atoms with Gasteiger partial charge < -0.3 is 19.0 Å². The molecule has 0 radical (unpaired) electrons. The van der Waals surface area contributed by atoms with Crippen LogP contribution in [0.15, 0.2) is 22.6 Å². The number of ether oxygens (including phenoxy) is 2. The number of methoxy groups -OCH3 is 2. The van der Waals surface area contributed by atoms with Gasteiger partial charge in [-0.15, -0.1) is 0 Å². The molecule has 0 aliphatic rings. The molecule has 0 fully saturated rings. The van der Waals surface area contributed by atoms with Crippen molar-refractivity contribution in [2.45, 2.75) is 6.43 Å². The van der Waals surface area contributed by atoms with Crippen LogP contribution >= 0.6 is 0 Å².